The monoisotopic (exact) mass is 231 g/mol. The maximum Gasteiger partial charge on any atom is 0.335 e. The molecule has 1 aromatic rings. The Morgan fingerprint density at radius 3 is 2.76 bits per heavy atom. The highest BCUT2D eigenvalue weighted by Gasteiger charge is 2.41. The molecule has 4 rings (SSSR count). The molecule has 2 heterocycles. The van der Waals surface area contributed by atoms with Gasteiger partial charge in [0.15, 0.2) is 0 Å². The summed E-state index contributed by atoms with van der Waals surface area (Å²) in [4.78, 5) is 13.6. The minimum absolute atomic E-state index is 0.457. The summed E-state index contributed by atoms with van der Waals surface area (Å²) in [5.41, 5.74) is 1.42. The van der Waals surface area contributed by atoms with Gasteiger partial charge in [-0.1, -0.05) is 18.2 Å². The smallest absolute Gasteiger partial charge is 0.335 e. The first-order chi connectivity index (χ1) is 8.24. The number of hydrogen-bond donors (Lipinski definition) is 1. The van der Waals surface area contributed by atoms with E-state index in [9.17, 15) is 4.79 Å². The van der Waals surface area contributed by atoms with E-state index in [0.717, 1.165) is 30.5 Å². The minimum Gasteiger partial charge on any atom is -0.478 e. The van der Waals surface area contributed by atoms with Crippen LogP contribution in [0.2, 0.25) is 0 Å². The highest BCUT2D eigenvalue weighted by atomic mass is 16.4. The molecule has 1 aliphatic carbocycles. The van der Waals surface area contributed by atoms with Crippen LogP contribution in [-0.4, -0.2) is 35.1 Å². The van der Waals surface area contributed by atoms with Gasteiger partial charge in [0.2, 0.25) is 0 Å². The SMILES string of the molecule is O=C(O)c1ccccc1CCN1CC2CC1C2. The minimum atomic E-state index is -0.814. The van der Waals surface area contributed by atoms with E-state index in [2.05, 4.69) is 4.90 Å². The normalized spacial score (nSPS) is 26.8. The van der Waals surface area contributed by atoms with E-state index in [1.165, 1.54) is 19.4 Å². The van der Waals surface area contributed by atoms with Crippen LogP contribution in [0.25, 0.3) is 0 Å². The molecule has 2 saturated heterocycles. The van der Waals surface area contributed by atoms with Crippen molar-refractivity contribution in [2.24, 2.45) is 5.92 Å². The van der Waals surface area contributed by atoms with E-state index in [1.807, 2.05) is 12.1 Å². The average Bonchev–Trinajstić information content (AvgIpc) is 2.84. The lowest BCUT2D eigenvalue weighted by molar-refractivity contribution is 0.0695. The van der Waals surface area contributed by atoms with Gasteiger partial charge in [-0.05, 0) is 36.8 Å². The maximum atomic E-state index is 11.1. The van der Waals surface area contributed by atoms with E-state index in [1.54, 1.807) is 12.1 Å². The van der Waals surface area contributed by atoms with Crippen molar-refractivity contribution in [1.29, 1.82) is 0 Å². The molecule has 0 amide bonds. The standard InChI is InChI=1S/C14H17NO2/c16-14(17)13-4-2-1-3-11(13)5-6-15-9-10-7-12(15)8-10/h1-4,10,12H,5-9H2,(H,16,17). The molecule has 1 aromatic carbocycles. The van der Waals surface area contributed by atoms with Gasteiger partial charge < -0.3 is 5.11 Å². The number of aromatic carboxylic acids is 1. The Hall–Kier alpha value is -1.35. The number of carboxylic acids is 1. The third-order valence-corrected chi connectivity index (χ3v) is 4.14. The molecule has 17 heavy (non-hydrogen) atoms. The van der Waals surface area contributed by atoms with Crippen LogP contribution in [0.5, 0.6) is 0 Å². The van der Waals surface area contributed by atoms with Gasteiger partial charge in [0, 0.05) is 19.1 Å². The summed E-state index contributed by atoms with van der Waals surface area (Å²) >= 11 is 0. The molecule has 90 valence electrons. The number of fused-ring (bicyclic) bond motifs is 1. The van der Waals surface area contributed by atoms with Crippen LogP contribution < -0.4 is 0 Å². The number of nitrogens with zero attached hydrogens (tertiary/aromatic N) is 1. The molecule has 0 spiro atoms. The van der Waals surface area contributed by atoms with Gasteiger partial charge in [-0.15, -0.1) is 0 Å². The Balaban J connectivity index is 1.66. The lowest BCUT2D eigenvalue weighted by Crippen LogP contribution is -2.30. The summed E-state index contributed by atoms with van der Waals surface area (Å²) in [5.74, 6) is 0.112. The van der Waals surface area contributed by atoms with E-state index >= 15 is 0 Å². The molecular weight excluding hydrogens is 214 g/mol. The van der Waals surface area contributed by atoms with Crippen molar-refractivity contribution >= 4 is 5.97 Å². The number of rotatable bonds is 4. The molecule has 0 radical (unpaired) electrons. The highest BCUT2D eigenvalue weighted by molar-refractivity contribution is 5.89. The summed E-state index contributed by atoms with van der Waals surface area (Å²) in [6.07, 6.45) is 3.58. The fourth-order valence-electron chi connectivity index (χ4n) is 3.11. The van der Waals surface area contributed by atoms with Crippen molar-refractivity contribution in [3.8, 4) is 0 Å². The van der Waals surface area contributed by atoms with Gasteiger partial charge >= 0.3 is 5.97 Å². The zero-order chi connectivity index (χ0) is 11.8. The molecule has 3 heteroatoms. The Labute approximate surface area is 101 Å². The molecular formula is C14H17NO2. The summed E-state index contributed by atoms with van der Waals surface area (Å²) < 4.78 is 0. The molecule has 1 saturated carbocycles. The Morgan fingerprint density at radius 2 is 2.12 bits per heavy atom. The summed E-state index contributed by atoms with van der Waals surface area (Å²) in [6, 6.07) is 8.13. The Morgan fingerprint density at radius 1 is 1.35 bits per heavy atom. The first-order valence-corrected chi connectivity index (χ1v) is 6.29. The average molecular weight is 231 g/mol. The van der Waals surface area contributed by atoms with Gasteiger partial charge in [0.25, 0.3) is 0 Å². The molecule has 1 N–H and O–H groups in total. The van der Waals surface area contributed by atoms with Gasteiger partial charge in [0.1, 0.15) is 0 Å². The van der Waals surface area contributed by atoms with E-state index in [0.29, 0.717) is 5.56 Å². The van der Waals surface area contributed by atoms with Gasteiger partial charge in [-0.25, -0.2) is 4.79 Å². The first kappa shape index (κ1) is 10.8. The Bertz CT molecular complexity index is 438. The Kier molecular flexibility index (Phi) is 2.63. The molecule has 3 fully saturated rings. The van der Waals surface area contributed by atoms with E-state index in [-0.39, 0.29) is 0 Å². The third-order valence-electron chi connectivity index (χ3n) is 4.14. The van der Waals surface area contributed by atoms with Gasteiger partial charge in [-0.3, -0.25) is 4.90 Å². The van der Waals surface area contributed by atoms with Crippen molar-refractivity contribution in [2.45, 2.75) is 25.3 Å². The molecule has 0 atom stereocenters. The van der Waals surface area contributed by atoms with Crippen molar-refractivity contribution in [3.63, 3.8) is 0 Å². The molecule has 3 aliphatic rings. The molecule has 3 nitrogen and oxygen atoms in total. The summed E-state index contributed by atoms with van der Waals surface area (Å²) in [7, 11) is 0. The van der Waals surface area contributed by atoms with Crippen molar-refractivity contribution < 1.29 is 9.90 Å². The van der Waals surface area contributed by atoms with Crippen LogP contribution in [-0.2, 0) is 6.42 Å². The van der Waals surface area contributed by atoms with Crippen LogP contribution >= 0.6 is 0 Å². The van der Waals surface area contributed by atoms with Crippen LogP contribution in [0.1, 0.15) is 28.8 Å². The lowest BCUT2D eigenvalue weighted by Gasteiger charge is -2.26. The quantitative estimate of drug-likeness (QED) is 0.862. The van der Waals surface area contributed by atoms with Crippen molar-refractivity contribution in [3.05, 3.63) is 35.4 Å². The van der Waals surface area contributed by atoms with Gasteiger partial charge in [-0.2, -0.15) is 0 Å². The van der Waals surface area contributed by atoms with Crippen molar-refractivity contribution in [2.75, 3.05) is 13.1 Å². The second-order valence-electron chi connectivity index (χ2n) is 5.20. The number of carboxylic acid groups (broad SMARTS) is 1. The highest BCUT2D eigenvalue weighted by Crippen LogP contribution is 2.40. The van der Waals surface area contributed by atoms with Crippen LogP contribution in [0.15, 0.2) is 24.3 Å². The molecule has 2 bridgehead atoms. The number of benzene rings is 1. The fourth-order valence-corrected chi connectivity index (χ4v) is 3.11. The van der Waals surface area contributed by atoms with E-state index in [4.69, 9.17) is 5.11 Å². The largest absolute Gasteiger partial charge is 0.478 e. The van der Waals surface area contributed by atoms with E-state index < -0.39 is 5.97 Å². The first-order valence-electron chi connectivity index (χ1n) is 6.29. The molecule has 0 aromatic heterocycles. The van der Waals surface area contributed by atoms with Gasteiger partial charge in [0.05, 0.1) is 5.56 Å². The third kappa shape index (κ3) is 1.95. The predicted molar refractivity (Wildman–Crippen MR) is 65.2 cm³/mol. The van der Waals surface area contributed by atoms with Crippen LogP contribution in [0.4, 0.5) is 0 Å². The van der Waals surface area contributed by atoms with Crippen molar-refractivity contribution in [1.82, 2.24) is 4.90 Å². The summed E-state index contributed by atoms with van der Waals surface area (Å²) in [6.45, 7) is 2.23. The maximum absolute atomic E-state index is 11.1. The number of hydrogen-bond acceptors (Lipinski definition) is 2. The zero-order valence-electron chi connectivity index (χ0n) is 9.80. The topological polar surface area (TPSA) is 40.5 Å². The molecule has 2 aliphatic heterocycles. The fraction of sp³-hybridized carbons (Fsp3) is 0.500. The van der Waals surface area contributed by atoms with Crippen LogP contribution in [0, 0.1) is 5.92 Å². The number of carbonyl (C=O) groups is 1. The summed E-state index contributed by atoms with van der Waals surface area (Å²) in [5, 5.41) is 9.10. The predicted octanol–water partition coefficient (Wildman–Crippen LogP) is 2.02. The zero-order valence-corrected chi connectivity index (χ0v) is 9.80. The second-order valence-corrected chi connectivity index (χ2v) is 5.20. The molecule has 0 unspecified atom stereocenters. The van der Waals surface area contributed by atoms with Crippen LogP contribution in [0.3, 0.4) is 0 Å². The lowest BCUT2D eigenvalue weighted by atomic mass is 9.86. The second kappa shape index (κ2) is 4.15.